The fraction of sp³-hybridized carbons (Fsp3) is 0.250. The van der Waals surface area contributed by atoms with Gasteiger partial charge in [-0.1, -0.05) is 6.07 Å². The summed E-state index contributed by atoms with van der Waals surface area (Å²) in [6, 6.07) is 16.3. The summed E-state index contributed by atoms with van der Waals surface area (Å²) in [5.74, 6) is 3.36. The zero-order valence-electron chi connectivity index (χ0n) is 18.7. The van der Waals surface area contributed by atoms with Gasteiger partial charge in [0.15, 0.2) is 5.82 Å². The van der Waals surface area contributed by atoms with Gasteiger partial charge in [-0.2, -0.15) is 4.98 Å². The molecule has 0 radical (unpaired) electrons. The number of carbonyl (C=O) groups is 1. The molecule has 2 aliphatic rings. The fourth-order valence-corrected chi connectivity index (χ4v) is 3.71. The van der Waals surface area contributed by atoms with E-state index in [9.17, 15) is 4.79 Å². The van der Waals surface area contributed by atoms with Crippen LogP contribution in [-0.4, -0.2) is 35.0 Å². The van der Waals surface area contributed by atoms with Gasteiger partial charge in [-0.25, -0.2) is 20.2 Å². The van der Waals surface area contributed by atoms with Gasteiger partial charge < -0.3 is 26.1 Å². The van der Waals surface area contributed by atoms with Crippen molar-refractivity contribution < 1.29 is 9.53 Å². The van der Waals surface area contributed by atoms with Crippen molar-refractivity contribution in [2.45, 2.75) is 25.3 Å². The number of rotatable bonds is 7. The Morgan fingerprint density at radius 2 is 1.85 bits per heavy atom. The van der Waals surface area contributed by atoms with Crippen LogP contribution in [-0.2, 0) is 0 Å². The van der Waals surface area contributed by atoms with Crippen LogP contribution in [0.5, 0.6) is 5.75 Å². The van der Waals surface area contributed by atoms with E-state index < -0.39 is 0 Å². The predicted octanol–water partition coefficient (Wildman–Crippen LogP) is 4.18. The second-order valence-corrected chi connectivity index (χ2v) is 8.23. The topological polar surface area (TPSA) is 125 Å². The number of aromatic nitrogens is 2. The molecule has 2 heterocycles. The first-order valence-corrected chi connectivity index (χ1v) is 11.2. The number of urea groups is 1. The molecular formula is C24H26N8O2. The van der Waals surface area contributed by atoms with Gasteiger partial charge >= 0.3 is 6.03 Å². The Morgan fingerprint density at radius 3 is 2.65 bits per heavy atom. The van der Waals surface area contributed by atoms with E-state index in [1.54, 1.807) is 43.6 Å². The van der Waals surface area contributed by atoms with Gasteiger partial charge in [0.2, 0.25) is 5.95 Å². The number of ether oxygens (including phenoxy) is 1. The summed E-state index contributed by atoms with van der Waals surface area (Å²) in [4.78, 5) is 25.6. The Morgan fingerprint density at radius 1 is 1.06 bits per heavy atom. The third-order valence-corrected chi connectivity index (χ3v) is 5.62. The van der Waals surface area contributed by atoms with Crippen molar-refractivity contribution in [3.63, 3.8) is 0 Å². The highest BCUT2D eigenvalue weighted by molar-refractivity contribution is 5.99. The minimum absolute atomic E-state index is 0.344. The normalized spacial score (nSPS) is 18.3. The van der Waals surface area contributed by atoms with Crippen LogP contribution in [0, 0.1) is 5.92 Å². The van der Waals surface area contributed by atoms with Gasteiger partial charge in [0.05, 0.1) is 7.11 Å². The number of hydrogen-bond donors (Lipinski definition) is 5. The number of aliphatic imine (C=N–C) groups is 1. The molecule has 174 valence electrons. The van der Waals surface area contributed by atoms with Crippen molar-refractivity contribution in [1.29, 1.82) is 0 Å². The summed E-state index contributed by atoms with van der Waals surface area (Å²) in [7, 11) is 1.58. The number of methoxy groups -OCH3 is 1. The first-order valence-electron chi connectivity index (χ1n) is 11.2. The molecule has 34 heavy (non-hydrogen) atoms. The number of nitrogens with zero attached hydrogens (tertiary/aromatic N) is 3. The standard InChI is InChI=1S/C24H26N8O2/c1-34-19-4-2-3-18(13-19)28-24(33)27-17-9-7-16(8-10-17)26-23-25-12-11-21(30-23)29-22-14-20(31-32-22)15-5-6-15/h2-4,7-13,15,20,31H,5-6,14H2,1H3,(H2,27,28,33)(H2,25,26,29,30,32). The summed E-state index contributed by atoms with van der Waals surface area (Å²) in [5, 5.41) is 8.75. The maximum atomic E-state index is 12.3. The first-order chi connectivity index (χ1) is 16.6. The Balaban J connectivity index is 1.16. The summed E-state index contributed by atoms with van der Waals surface area (Å²) in [6.45, 7) is 0. The molecule has 1 atom stereocenters. The molecule has 5 rings (SSSR count). The summed E-state index contributed by atoms with van der Waals surface area (Å²) in [6.07, 6.45) is 5.14. The van der Waals surface area contributed by atoms with Gasteiger partial charge in [-0.3, -0.25) is 0 Å². The highest BCUT2D eigenvalue weighted by atomic mass is 16.5. The minimum atomic E-state index is -0.344. The number of anilines is 4. The van der Waals surface area contributed by atoms with Crippen molar-refractivity contribution in [2.24, 2.45) is 10.9 Å². The van der Waals surface area contributed by atoms with Crippen molar-refractivity contribution >= 4 is 40.7 Å². The smallest absolute Gasteiger partial charge is 0.323 e. The lowest BCUT2D eigenvalue weighted by molar-refractivity contribution is 0.262. The molecule has 2 amide bonds. The van der Waals surface area contributed by atoms with E-state index in [0.29, 0.717) is 34.9 Å². The molecule has 5 N–H and O–H groups in total. The van der Waals surface area contributed by atoms with Gasteiger partial charge in [0.1, 0.15) is 11.6 Å². The van der Waals surface area contributed by atoms with Crippen LogP contribution in [0.2, 0.25) is 0 Å². The minimum Gasteiger partial charge on any atom is -0.497 e. The number of benzene rings is 2. The van der Waals surface area contributed by atoms with E-state index in [4.69, 9.17) is 4.74 Å². The second kappa shape index (κ2) is 9.75. The van der Waals surface area contributed by atoms with Crippen LogP contribution in [0.1, 0.15) is 19.3 Å². The molecule has 10 heteroatoms. The van der Waals surface area contributed by atoms with Crippen molar-refractivity contribution in [3.8, 4) is 5.75 Å². The fourth-order valence-electron chi connectivity index (χ4n) is 3.71. The first kappa shape index (κ1) is 21.7. The number of hydrogen-bond acceptors (Lipinski definition) is 7. The third-order valence-electron chi connectivity index (χ3n) is 5.62. The van der Waals surface area contributed by atoms with Crippen LogP contribution in [0.15, 0.2) is 65.8 Å². The lowest BCUT2D eigenvalue weighted by Gasteiger charge is -2.10. The van der Waals surface area contributed by atoms with E-state index in [1.807, 2.05) is 24.3 Å². The lowest BCUT2D eigenvalue weighted by Crippen LogP contribution is -2.32. The molecule has 1 saturated carbocycles. The predicted molar refractivity (Wildman–Crippen MR) is 132 cm³/mol. The van der Waals surface area contributed by atoms with Crippen LogP contribution in [0.25, 0.3) is 0 Å². The largest absolute Gasteiger partial charge is 0.497 e. The van der Waals surface area contributed by atoms with E-state index in [0.717, 1.165) is 23.9 Å². The van der Waals surface area contributed by atoms with E-state index in [-0.39, 0.29) is 6.03 Å². The molecule has 1 aromatic heterocycles. The Kier molecular flexibility index (Phi) is 6.21. The molecule has 3 aromatic rings. The molecule has 0 bridgehead atoms. The highest BCUT2D eigenvalue weighted by Gasteiger charge is 2.35. The van der Waals surface area contributed by atoms with E-state index in [2.05, 4.69) is 41.8 Å². The molecule has 1 saturated heterocycles. The molecule has 0 spiro atoms. The number of hydrazine groups is 1. The number of nitrogens with one attached hydrogen (secondary N) is 5. The Labute approximate surface area is 197 Å². The molecule has 1 aliphatic carbocycles. The highest BCUT2D eigenvalue weighted by Crippen LogP contribution is 2.35. The Bertz CT molecular complexity index is 1190. The summed E-state index contributed by atoms with van der Waals surface area (Å²) >= 11 is 0. The molecule has 2 fully saturated rings. The van der Waals surface area contributed by atoms with Crippen LogP contribution >= 0.6 is 0 Å². The summed E-state index contributed by atoms with van der Waals surface area (Å²) < 4.78 is 5.17. The number of carbonyl (C=O) groups excluding carboxylic acids is 1. The molecule has 1 aliphatic heterocycles. The number of amides is 2. The average Bonchev–Trinajstić information content (AvgIpc) is 3.59. The van der Waals surface area contributed by atoms with Gasteiger partial charge in [-0.15, -0.1) is 0 Å². The third kappa shape index (κ3) is 5.59. The Hall–Kier alpha value is -4.18. The van der Waals surface area contributed by atoms with Crippen LogP contribution in [0.3, 0.4) is 0 Å². The molecule has 2 aromatic carbocycles. The maximum absolute atomic E-state index is 12.3. The van der Waals surface area contributed by atoms with E-state index in [1.165, 1.54) is 12.8 Å². The van der Waals surface area contributed by atoms with Crippen LogP contribution < -0.4 is 31.5 Å². The maximum Gasteiger partial charge on any atom is 0.323 e. The second-order valence-electron chi connectivity index (χ2n) is 8.23. The zero-order valence-corrected chi connectivity index (χ0v) is 18.7. The summed E-state index contributed by atoms with van der Waals surface area (Å²) in [5.41, 5.74) is 8.54. The quantitative estimate of drug-likeness (QED) is 0.360. The van der Waals surface area contributed by atoms with Gasteiger partial charge in [0.25, 0.3) is 0 Å². The van der Waals surface area contributed by atoms with Gasteiger partial charge in [-0.05, 0) is 55.2 Å². The number of amidine groups is 1. The molecule has 10 nitrogen and oxygen atoms in total. The van der Waals surface area contributed by atoms with Crippen molar-refractivity contribution in [2.75, 3.05) is 23.1 Å². The zero-order chi connectivity index (χ0) is 23.3. The monoisotopic (exact) mass is 458 g/mol. The van der Waals surface area contributed by atoms with Gasteiger partial charge in [0, 0.05) is 47.9 Å². The average molecular weight is 459 g/mol. The van der Waals surface area contributed by atoms with Crippen LogP contribution in [0.4, 0.5) is 33.6 Å². The van der Waals surface area contributed by atoms with Crippen molar-refractivity contribution in [1.82, 2.24) is 20.8 Å². The molecule has 1 unspecified atom stereocenters. The van der Waals surface area contributed by atoms with E-state index >= 15 is 0 Å². The van der Waals surface area contributed by atoms with Crippen molar-refractivity contribution in [3.05, 3.63) is 60.8 Å². The molecular weight excluding hydrogens is 432 g/mol. The SMILES string of the molecule is COc1cccc(NC(=O)Nc2ccc(Nc3nccc(N=C4CC(C5CC5)NN4)n3)cc2)c1. The lowest BCUT2D eigenvalue weighted by atomic mass is 10.1.